The molecule has 2 atom stereocenters. The normalized spacial score (nSPS) is 34.0. The van der Waals surface area contributed by atoms with Gasteiger partial charge in [0.25, 0.3) is 0 Å². The number of thioether (sulfide) groups is 1. The number of hydrogen-bond acceptors (Lipinski definition) is 3. The van der Waals surface area contributed by atoms with Crippen LogP contribution in [0.2, 0.25) is 0 Å². The highest BCUT2D eigenvalue weighted by Crippen LogP contribution is 2.34. The molecular weight excluding hydrogens is 196 g/mol. The van der Waals surface area contributed by atoms with Crippen LogP contribution in [0.5, 0.6) is 0 Å². The van der Waals surface area contributed by atoms with Crippen LogP contribution in [0.1, 0.15) is 0 Å². The number of alkyl halides is 1. The highest BCUT2D eigenvalue weighted by molar-refractivity contribution is 8.00. The van der Waals surface area contributed by atoms with Crippen LogP contribution < -0.4 is 5.73 Å². The molecule has 2 N–H and O–H groups in total. The zero-order valence-corrected chi connectivity index (χ0v) is 7.94. The molecule has 5 heteroatoms. The summed E-state index contributed by atoms with van der Waals surface area (Å²) in [5.41, 5.74) is 6.68. The van der Waals surface area contributed by atoms with Crippen LogP contribution >= 0.6 is 23.4 Å². The second-order valence-electron chi connectivity index (χ2n) is 2.89. The number of nitrogens with zero attached hydrogens (tertiary/aromatic N) is 1. The smallest absolute Gasteiger partial charge is 0.247 e. The van der Waals surface area contributed by atoms with Crippen LogP contribution in [0.25, 0.3) is 0 Å². The lowest BCUT2D eigenvalue weighted by Gasteiger charge is -2.45. The average molecular weight is 205 g/mol. The van der Waals surface area contributed by atoms with Crippen LogP contribution in [0.15, 0.2) is 11.8 Å². The molecule has 2 unspecified atom stereocenters. The lowest BCUT2D eigenvalue weighted by molar-refractivity contribution is -0.140. The molecule has 0 bridgehead atoms. The first kappa shape index (κ1) is 8.41. The summed E-state index contributed by atoms with van der Waals surface area (Å²) in [6.07, 6.45) is 1.83. The molecule has 0 aromatic rings. The van der Waals surface area contributed by atoms with Gasteiger partial charge in [0, 0.05) is 17.8 Å². The Morgan fingerprint density at radius 3 is 3.25 bits per heavy atom. The van der Waals surface area contributed by atoms with Crippen molar-refractivity contribution < 1.29 is 4.79 Å². The molecule has 0 aromatic heterocycles. The van der Waals surface area contributed by atoms with Crippen molar-refractivity contribution in [3.8, 4) is 0 Å². The first-order valence-corrected chi connectivity index (χ1v) is 5.27. The molecule has 66 valence electrons. The van der Waals surface area contributed by atoms with E-state index in [2.05, 4.69) is 0 Å². The minimum Gasteiger partial charge on any atom is -0.317 e. The van der Waals surface area contributed by atoms with Crippen molar-refractivity contribution in [2.24, 2.45) is 5.73 Å². The number of hydrogen-bond donors (Lipinski definition) is 1. The number of carbonyl (C=O) groups excluding carboxylic acids is 1. The van der Waals surface area contributed by atoms with Crippen molar-refractivity contribution in [1.29, 1.82) is 0 Å². The third-order valence-corrected chi connectivity index (χ3v) is 3.80. The molecule has 1 amide bonds. The van der Waals surface area contributed by atoms with Crippen molar-refractivity contribution in [2.75, 3.05) is 11.6 Å². The van der Waals surface area contributed by atoms with E-state index in [0.29, 0.717) is 5.88 Å². The molecule has 0 radical (unpaired) electrons. The summed E-state index contributed by atoms with van der Waals surface area (Å²) in [5.74, 6) is 1.40. The molecule has 2 aliphatic heterocycles. The minimum absolute atomic E-state index is 0.00909. The third kappa shape index (κ3) is 1.06. The summed E-state index contributed by atoms with van der Waals surface area (Å²) >= 11 is 7.34. The Labute approximate surface area is 79.9 Å². The quantitative estimate of drug-likeness (QED) is 0.496. The first-order chi connectivity index (χ1) is 5.74. The SMILES string of the molecule is NC1C(=O)N2C=C(CCl)CSC12. The van der Waals surface area contributed by atoms with Gasteiger partial charge in [0.15, 0.2) is 0 Å². The number of carbonyl (C=O) groups is 1. The minimum atomic E-state index is -0.303. The zero-order valence-electron chi connectivity index (χ0n) is 6.37. The van der Waals surface area contributed by atoms with Crippen molar-refractivity contribution in [2.45, 2.75) is 11.4 Å². The Balaban J connectivity index is 2.15. The van der Waals surface area contributed by atoms with Gasteiger partial charge in [0.05, 0.1) is 0 Å². The predicted molar refractivity (Wildman–Crippen MR) is 49.9 cm³/mol. The van der Waals surface area contributed by atoms with E-state index in [0.717, 1.165) is 11.3 Å². The fraction of sp³-hybridized carbons (Fsp3) is 0.571. The van der Waals surface area contributed by atoms with Crippen LogP contribution in [0.4, 0.5) is 0 Å². The van der Waals surface area contributed by atoms with E-state index < -0.39 is 0 Å². The average Bonchev–Trinajstić information content (AvgIpc) is 2.15. The molecule has 0 aliphatic carbocycles. The van der Waals surface area contributed by atoms with E-state index in [1.54, 1.807) is 16.7 Å². The number of rotatable bonds is 1. The second kappa shape index (κ2) is 2.94. The van der Waals surface area contributed by atoms with Gasteiger partial charge in [-0.15, -0.1) is 23.4 Å². The number of fused-ring (bicyclic) bond motifs is 1. The third-order valence-electron chi connectivity index (χ3n) is 2.05. The maximum atomic E-state index is 11.2. The summed E-state index contributed by atoms with van der Waals surface area (Å²) < 4.78 is 0. The molecule has 12 heavy (non-hydrogen) atoms. The Bertz CT molecular complexity index is 256. The van der Waals surface area contributed by atoms with Gasteiger partial charge in [-0.3, -0.25) is 4.79 Å². The first-order valence-electron chi connectivity index (χ1n) is 3.69. The van der Waals surface area contributed by atoms with E-state index in [-0.39, 0.29) is 17.3 Å². The van der Waals surface area contributed by atoms with Crippen LogP contribution in [0, 0.1) is 0 Å². The zero-order chi connectivity index (χ0) is 8.72. The van der Waals surface area contributed by atoms with Crippen LogP contribution in [0.3, 0.4) is 0 Å². The lowest BCUT2D eigenvalue weighted by atomic mass is 10.1. The monoisotopic (exact) mass is 204 g/mol. The Kier molecular flexibility index (Phi) is 2.06. The fourth-order valence-electron chi connectivity index (χ4n) is 1.33. The fourth-order valence-corrected chi connectivity index (χ4v) is 2.82. The van der Waals surface area contributed by atoms with E-state index in [9.17, 15) is 4.79 Å². The summed E-state index contributed by atoms with van der Waals surface area (Å²) in [6, 6.07) is -0.303. The topological polar surface area (TPSA) is 46.3 Å². The molecule has 2 rings (SSSR count). The van der Waals surface area contributed by atoms with Crippen LogP contribution in [-0.2, 0) is 4.79 Å². The molecule has 0 saturated carbocycles. The van der Waals surface area contributed by atoms with Gasteiger partial charge in [-0.2, -0.15) is 0 Å². The summed E-state index contributed by atoms with van der Waals surface area (Å²) in [5, 5.41) is 0.157. The Hall–Kier alpha value is -0.190. The second-order valence-corrected chi connectivity index (χ2v) is 4.27. The molecule has 3 nitrogen and oxygen atoms in total. The van der Waals surface area contributed by atoms with Gasteiger partial charge in [-0.05, 0) is 5.57 Å². The summed E-state index contributed by atoms with van der Waals surface area (Å²) in [4.78, 5) is 12.8. The van der Waals surface area contributed by atoms with Gasteiger partial charge < -0.3 is 10.6 Å². The van der Waals surface area contributed by atoms with Crippen molar-refractivity contribution >= 4 is 29.3 Å². The highest BCUT2D eigenvalue weighted by Gasteiger charge is 2.45. The van der Waals surface area contributed by atoms with Crippen molar-refractivity contribution in [3.05, 3.63) is 11.8 Å². The van der Waals surface area contributed by atoms with Gasteiger partial charge >= 0.3 is 0 Å². The highest BCUT2D eigenvalue weighted by atomic mass is 35.5. The molecule has 1 fully saturated rings. The lowest BCUT2D eigenvalue weighted by Crippen LogP contribution is -2.66. The van der Waals surface area contributed by atoms with Gasteiger partial charge in [-0.1, -0.05) is 0 Å². The predicted octanol–water partition coefficient (Wildman–Crippen LogP) is 0.351. The van der Waals surface area contributed by atoms with E-state index in [4.69, 9.17) is 17.3 Å². The van der Waals surface area contributed by atoms with Gasteiger partial charge in [0.1, 0.15) is 11.4 Å². The van der Waals surface area contributed by atoms with E-state index in [1.807, 2.05) is 6.20 Å². The Morgan fingerprint density at radius 2 is 2.58 bits per heavy atom. The summed E-state index contributed by atoms with van der Waals surface area (Å²) in [6.45, 7) is 0. The Morgan fingerprint density at radius 1 is 1.83 bits per heavy atom. The number of halogens is 1. The van der Waals surface area contributed by atoms with E-state index >= 15 is 0 Å². The van der Waals surface area contributed by atoms with Gasteiger partial charge in [-0.25, -0.2) is 0 Å². The molecule has 0 spiro atoms. The molecule has 2 heterocycles. The largest absolute Gasteiger partial charge is 0.317 e. The molecule has 0 aromatic carbocycles. The summed E-state index contributed by atoms with van der Waals surface area (Å²) in [7, 11) is 0. The van der Waals surface area contributed by atoms with Crippen molar-refractivity contribution in [1.82, 2.24) is 4.90 Å². The van der Waals surface area contributed by atoms with Crippen molar-refractivity contribution in [3.63, 3.8) is 0 Å². The number of amides is 1. The van der Waals surface area contributed by atoms with Gasteiger partial charge in [0.2, 0.25) is 5.91 Å². The van der Waals surface area contributed by atoms with E-state index in [1.165, 1.54) is 0 Å². The molecule has 2 aliphatic rings. The number of β-lactam (4-membered cyclic amide) rings is 1. The standard InChI is InChI=1S/C7H9ClN2OS/c8-1-4-2-10-6(11)5(9)7(10)12-3-4/h2,5,7H,1,3,9H2. The molecular formula is C7H9ClN2OS. The maximum Gasteiger partial charge on any atom is 0.247 e. The number of nitrogens with two attached hydrogens (primary N) is 1. The maximum absolute atomic E-state index is 11.2. The molecule has 1 saturated heterocycles. The van der Waals surface area contributed by atoms with Crippen LogP contribution in [-0.4, -0.2) is 33.9 Å².